The number of nitrogens with one attached hydrogen (secondary N) is 1. The monoisotopic (exact) mass is 382 g/mol. The number of nitrogens with zero attached hydrogens (tertiary/aromatic N) is 1. The van der Waals surface area contributed by atoms with Crippen molar-refractivity contribution in [3.63, 3.8) is 0 Å². The van der Waals surface area contributed by atoms with Crippen LogP contribution in [-0.4, -0.2) is 28.9 Å². The van der Waals surface area contributed by atoms with Crippen molar-refractivity contribution in [3.05, 3.63) is 64.7 Å². The average molecular weight is 382 g/mol. The summed E-state index contributed by atoms with van der Waals surface area (Å²) in [6, 6.07) is 13.2. The standard InChI is InChI=1S/C21H22N2O3S/c1-4-26-20(25)16-8-6-15(7-9-16)12-18-19(24)23-21(27-18)22-17-10-5-13(2)14(3)11-17/h5-11,18H,4,12H2,1-3H3,(H,22,23,24)/t18-/m0/s1. The van der Waals surface area contributed by atoms with E-state index in [1.165, 1.54) is 22.9 Å². The van der Waals surface area contributed by atoms with Gasteiger partial charge < -0.3 is 10.1 Å². The molecule has 1 atom stereocenters. The van der Waals surface area contributed by atoms with Crippen molar-refractivity contribution in [3.8, 4) is 0 Å². The van der Waals surface area contributed by atoms with E-state index in [0.717, 1.165) is 11.3 Å². The molecule has 1 saturated heterocycles. The van der Waals surface area contributed by atoms with E-state index in [0.29, 0.717) is 23.8 Å². The summed E-state index contributed by atoms with van der Waals surface area (Å²) < 4.78 is 4.98. The van der Waals surface area contributed by atoms with Crippen LogP contribution in [0.25, 0.3) is 0 Å². The summed E-state index contributed by atoms with van der Waals surface area (Å²) in [5.41, 5.74) is 4.72. The first-order valence-electron chi connectivity index (χ1n) is 8.86. The van der Waals surface area contributed by atoms with Crippen molar-refractivity contribution >= 4 is 34.5 Å². The SMILES string of the molecule is CCOC(=O)c1ccc(C[C@@H]2SC(=Nc3ccc(C)c(C)c3)NC2=O)cc1. The van der Waals surface area contributed by atoms with E-state index in [-0.39, 0.29) is 17.1 Å². The second kappa shape index (κ2) is 8.39. The predicted octanol–water partition coefficient (Wildman–Crippen LogP) is 3.94. The van der Waals surface area contributed by atoms with Crippen LogP contribution in [0.2, 0.25) is 0 Å². The molecule has 6 heteroatoms. The van der Waals surface area contributed by atoms with E-state index < -0.39 is 0 Å². The number of carbonyl (C=O) groups is 2. The Morgan fingerprint density at radius 3 is 2.56 bits per heavy atom. The zero-order valence-electron chi connectivity index (χ0n) is 15.6. The van der Waals surface area contributed by atoms with Crippen LogP contribution in [0.1, 0.15) is 34.0 Å². The summed E-state index contributed by atoms with van der Waals surface area (Å²) in [6.07, 6.45) is 0.575. The van der Waals surface area contributed by atoms with Crippen molar-refractivity contribution in [1.29, 1.82) is 0 Å². The summed E-state index contributed by atoms with van der Waals surface area (Å²) in [6.45, 7) is 6.23. The molecule has 5 nitrogen and oxygen atoms in total. The number of hydrogen-bond donors (Lipinski definition) is 1. The molecular weight excluding hydrogens is 360 g/mol. The minimum absolute atomic E-state index is 0.0444. The van der Waals surface area contributed by atoms with Gasteiger partial charge in [-0.15, -0.1) is 0 Å². The maximum absolute atomic E-state index is 12.3. The first kappa shape index (κ1) is 19.2. The number of benzene rings is 2. The highest BCUT2D eigenvalue weighted by molar-refractivity contribution is 8.15. The largest absolute Gasteiger partial charge is 0.462 e. The van der Waals surface area contributed by atoms with Crippen LogP contribution < -0.4 is 5.32 Å². The van der Waals surface area contributed by atoms with Gasteiger partial charge in [-0.3, -0.25) is 4.79 Å². The number of aryl methyl sites for hydroxylation is 2. The Balaban J connectivity index is 1.66. The Morgan fingerprint density at radius 1 is 1.15 bits per heavy atom. The number of esters is 1. The fourth-order valence-electron chi connectivity index (χ4n) is 2.71. The van der Waals surface area contributed by atoms with Gasteiger partial charge in [-0.25, -0.2) is 9.79 Å². The third kappa shape index (κ3) is 4.77. The molecule has 0 saturated carbocycles. The molecular formula is C21H22N2O3S. The number of carbonyl (C=O) groups excluding carboxylic acids is 2. The molecule has 0 spiro atoms. The number of amides is 1. The lowest BCUT2D eigenvalue weighted by Gasteiger charge is -2.07. The first-order chi connectivity index (χ1) is 13.0. The molecule has 1 N–H and O–H groups in total. The molecule has 27 heavy (non-hydrogen) atoms. The Morgan fingerprint density at radius 2 is 1.89 bits per heavy atom. The lowest BCUT2D eigenvalue weighted by atomic mass is 10.1. The molecule has 0 bridgehead atoms. The highest BCUT2D eigenvalue weighted by atomic mass is 32.2. The van der Waals surface area contributed by atoms with E-state index in [4.69, 9.17) is 4.74 Å². The molecule has 1 amide bonds. The van der Waals surface area contributed by atoms with Gasteiger partial charge in [-0.1, -0.05) is 30.0 Å². The second-order valence-corrected chi connectivity index (χ2v) is 7.59. The number of hydrogen-bond acceptors (Lipinski definition) is 5. The summed E-state index contributed by atoms with van der Waals surface area (Å²) >= 11 is 1.43. The lowest BCUT2D eigenvalue weighted by Crippen LogP contribution is -2.26. The number of thioether (sulfide) groups is 1. The first-order valence-corrected chi connectivity index (χ1v) is 9.73. The van der Waals surface area contributed by atoms with Gasteiger partial charge in [0.15, 0.2) is 5.17 Å². The zero-order valence-corrected chi connectivity index (χ0v) is 16.4. The minimum Gasteiger partial charge on any atom is -0.462 e. The lowest BCUT2D eigenvalue weighted by molar-refractivity contribution is -0.118. The normalized spacial score (nSPS) is 17.8. The molecule has 2 aromatic rings. The highest BCUT2D eigenvalue weighted by Gasteiger charge is 2.30. The van der Waals surface area contributed by atoms with Crippen molar-refractivity contribution in [2.24, 2.45) is 4.99 Å². The molecule has 0 radical (unpaired) electrons. The van der Waals surface area contributed by atoms with Gasteiger partial charge in [0.2, 0.25) is 5.91 Å². The zero-order chi connectivity index (χ0) is 19.4. The van der Waals surface area contributed by atoms with Crippen LogP contribution in [0.3, 0.4) is 0 Å². The summed E-state index contributed by atoms with van der Waals surface area (Å²) in [7, 11) is 0. The fraction of sp³-hybridized carbons (Fsp3) is 0.286. The van der Waals surface area contributed by atoms with Crippen molar-refractivity contribution < 1.29 is 14.3 Å². The predicted molar refractivity (Wildman–Crippen MR) is 109 cm³/mol. The molecule has 2 aromatic carbocycles. The van der Waals surface area contributed by atoms with Gasteiger partial charge >= 0.3 is 5.97 Å². The van der Waals surface area contributed by atoms with Crippen molar-refractivity contribution in [1.82, 2.24) is 5.32 Å². The van der Waals surface area contributed by atoms with E-state index in [1.54, 1.807) is 19.1 Å². The molecule has 3 rings (SSSR count). The van der Waals surface area contributed by atoms with Crippen LogP contribution >= 0.6 is 11.8 Å². The fourth-order valence-corrected chi connectivity index (χ4v) is 3.74. The van der Waals surface area contributed by atoms with E-state index in [9.17, 15) is 9.59 Å². The molecule has 0 aromatic heterocycles. The number of amidine groups is 1. The quantitative estimate of drug-likeness (QED) is 0.796. The van der Waals surface area contributed by atoms with E-state index in [1.807, 2.05) is 37.3 Å². The van der Waals surface area contributed by atoms with Gasteiger partial charge in [0.25, 0.3) is 0 Å². The topological polar surface area (TPSA) is 67.8 Å². The highest BCUT2D eigenvalue weighted by Crippen LogP contribution is 2.26. The Labute approximate surface area is 163 Å². The smallest absolute Gasteiger partial charge is 0.338 e. The number of ether oxygens (including phenoxy) is 1. The Kier molecular flexibility index (Phi) is 5.96. The van der Waals surface area contributed by atoms with Gasteiger partial charge in [-0.05, 0) is 68.1 Å². The maximum atomic E-state index is 12.3. The third-order valence-electron chi connectivity index (χ3n) is 4.38. The third-order valence-corrected chi connectivity index (χ3v) is 5.47. The molecule has 1 heterocycles. The Bertz CT molecular complexity index is 891. The number of aliphatic imine (C=N–C) groups is 1. The summed E-state index contributed by atoms with van der Waals surface area (Å²) in [5.74, 6) is -0.378. The molecule has 140 valence electrons. The number of rotatable bonds is 5. The van der Waals surface area contributed by atoms with Gasteiger partial charge in [0.1, 0.15) is 0 Å². The van der Waals surface area contributed by atoms with Gasteiger partial charge in [-0.2, -0.15) is 0 Å². The van der Waals surface area contributed by atoms with E-state index >= 15 is 0 Å². The van der Waals surface area contributed by atoms with Crippen LogP contribution in [0, 0.1) is 13.8 Å². The molecule has 0 aliphatic carbocycles. The van der Waals surface area contributed by atoms with Crippen molar-refractivity contribution in [2.75, 3.05) is 6.61 Å². The van der Waals surface area contributed by atoms with Crippen LogP contribution in [0.4, 0.5) is 5.69 Å². The van der Waals surface area contributed by atoms with Gasteiger partial charge in [0.05, 0.1) is 23.1 Å². The molecule has 0 unspecified atom stereocenters. The second-order valence-electron chi connectivity index (χ2n) is 6.40. The molecule has 1 aliphatic heterocycles. The summed E-state index contributed by atoms with van der Waals surface area (Å²) in [5, 5.41) is 3.24. The van der Waals surface area contributed by atoms with Crippen molar-refractivity contribution in [2.45, 2.75) is 32.4 Å². The maximum Gasteiger partial charge on any atom is 0.338 e. The Hall–Kier alpha value is -2.60. The van der Waals surface area contributed by atoms with Crippen LogP contribution in [0.15, 0.2) is 47.5 Å². The van der Waals surface area contributed by atoms with Crippen LogP contribution in [-0.2, 0) is 16.0 Å². The molecule has 1 fully saturated rings. The average Bonchev–Trinajstić information content (AvgIpc) is 2.98. The minimum atomic E-state index is -0.333. The summed E-state index contributed by atoms with van der Waals surface area (Å²) in [4.78, 5) is 28.5. The molecule has 1 aliphatic rings. The van der Waals surface area contributed by atoms with Crippen LogP contribution in [0.5, 0.6) is 0 Å². The van der Waals surface area contributed by atoms with E-state index in [2.05, 4.69) is 17.2 Å². The van der Waals surface area contributed by atoms with Gasteiger partial charge in [0, 0.05) is 0 Å².